The molecule has 0 aromatic rings. The first kappa shape index (κ1) is 23.7. The first-order valence-corrected chi connectivity index (χ1v) is 14.1. The molecule has 0 aromatic heterocycles. The average Bonchev–Trinajstić information content (AvgIpc) is 3.40. The summed E-state index contributed by atoms with van der Waals surface area (Å²) in [6.45, 7) is 11.8. The molecule has 1 saturated heterocycles. The molecule has 192 valence electrons. The minimum absolute atomic E-state index is 0.0222. The van der Waals surface area contributed by atoms with Crippen molar-refractivity contribution in [2.45, 2.75) is 123 Å². The van der Waals surface area contributed by atoms with Crippen molar-refractivity contribution in [3.05, 3.63) is 0 Å². The van der Waals surface area contributed by atoms with E-state index >= 15 is 0 Å². The van der Waals surface area contributed by atoms with Gasteiger partial charge in [-0.05, 0) is 103 Å². The van der Waals surface area contributed by atoms with E-state index in [9.17, 15) is 20.1 Å². The quantitative estimate of drug-likeness (QED) is 0.534. The molecule has 3 N–H and O–H groups in total. The van der Waals surface area contributed by atoms with Crippen molar-refractivity contribution >= 4 is 5.97 Å². The van der Waals surface area contributed by atoms with Crippen LogP contribution in [0.3, 0.4) is 0 Å². The van der Waals surface area contributed by atoms with E-state index in [-0.39, 0.29) is 41.0 Å². The highest BCUT2D eigenvalue weighted by molar-refractivity contribution is 5.66. The predicted octanol–water partition coefficient (Wildman–Crippen LogP) is 5.03. The van der Waals surface area contributed by atoms with Gasteiger partial charge in [0, 0.05) is 11.8 Å². The van der Waals surface area contributed by atoms with Gasteiger partial charge < -0.3 is 20.1 Å². The zero-order chi connectivity index (χ0) is 24.5. The van der Waals surface area contributed by atoms with Crippen molar-refractivity contribution in [3.63, 3.8) is 0 Å². The average molecular weight is 475 g/mol. The molecule has 5 aliphatic carbocycles. The Balaban J connectivity index is 1.34. The number of aliphatic hydroxyl groups excluding tert-OH is 2. The van der Waals surface area contributed by atoms with Crippen LogP contribution in [0.4, 0.5) is 0 Å². The molecule has 2 spiro atoms. The zero-order valence-corrected chi connectivity index (χ0v) is 21.8. The van der Waals surface area contributed by atoms with Gasteiger partial charge in [-0.15, -0.1) is 0 Å². The van der Waals surface area contributed by atoms with Crippen LogP contribution in [-0.2, 0) is 9.53 Å². The van der Waals surface area contributed by atoms with E-state index < -0.39 is 12.1 Å². The molecule has 6 fully saturated rings. The summed E-state index contributed by atoms with van der Waals surface area (Å²) >= 11 is 0. The highest BCUT2D eigenvalue weighted by atomic mass is 16.5. The number of carboxylic acid groups (broad SMARTS) is 1. The molecule has 6 aliphatic rings. The van der Waals surface area contributed by atoms with Gasteiger partial charge in [0.25, 0.3) is 0 Å². The fourth-order valence-electron chi connectivity index (χ4n) is 11.9. The van der Waals surface area contributed by atoms with Crippen LogP contribution in [0.1, 0.15) is 98.8 Å². The van der Waals surface area contributed by atoms with Crippen LogP contribution in [0.15, 0.2) is 0 Å². The summed E-state index contributed by atoms with van der Waals surface area (Å²) in [6.07, 6.45) is 8.76. The van der Waals surface area contributed by atoms with Crippen LogP contribution in [-0.4, -0.2) is 45.7 Å². The standard InChI is InChI=1S/C29H46O5/c1-16-14-17(6-9-21(31)32)34-23-22(16)26(4)12-13-29-15-28(29)11-10-20(30)25(2,3)18(28)7-8-19(29)27(26,5)24(23)33/h16-20,22-24,30,33H,6-15H2,1-5H3,(H,31,32)/t16-,17?,18+,19+,20+,22?,23?,24+,26-,27-,28-,29?/m1/s1. The van der Waals surface area contributed by atoms with Crippen LogP contribution in [0.2, 0.25) is 0 Å². The largest absolute Gasteiger partial charge is 0.481 e. The number of hydrogen-bond acceptors (Lipinski definition) is 4. The number of aliphatic hydroxyl groups is 2. The minimum Gasteiger partial charge on any atom is -0.481 e. The van der Waals surface area contributed by atoms with E-state index in [1.165, 1.54) is 19.3 Å². The lowest BCUT2D eigenvalue weighted by atomic mass is 9.41. The van der Waals surface area contributed by atoms with Gasteiger partial charge in [-0.1, -0.05) is 34.6 Å². The fourth-order valence-corrected chi connectivity index (χ4v) is 11.9. The Morgan fingerprint density at radius 2 is 1.65 bits per heavy atom. The van der Waals surface area contributed by atoms with Crippen LogP contribution in [0.5, 0.6) is 0 Å². The van der Waals surface area contributed by atoms with Gasteiger partial charge >= 0.3 is 5.97 Å². The minimum atomic E-state index is -0.767. The van der Waals surface area contributed by atoms with E-state index in [1.54, 1.807) is 0 Å². The first-order valence-electron chi connectivity index (χ1n) is 14.1. The lowest BCUT2D eigenvalue weighted by Gasteiger charge is -2.63. The number of carboxylic acids is 1. The summed E-state index contributed by atoms with van der Waals surface area (Å²) in [7, 11) is 0. The second-order valence-corrected chi connectivity index (χ2v) is 14.6. The topological polar surface area (TPSA) is 87.0 Å². The van der Waals surface area contributed by atoms with Gasteiger partial charge in [0.05, 0.1) is 24.4 Å². The first-order chi connectivity index (χ1) is 15.8. The maximum Gasteiger partial charge on any atom is 0.303 e. The third-order valence-corrected chi connectivity index (χ3v) is 13.5. The molecule has 34 heavy (non-hydrogen) atoms. The third-order valence-electron chi connectivity index (χ3n) is 13.5. The normalized spacial score (nSPS) is 59.1. The van der Waals surface area contributed by atoms with E-state index in [0.717, 1.165) is 32.1 Å². The Labute approximate surface area is 205 Å². The Kier molecular flexibility index (Phi) is 4.89. The Morgan fingerprint density at radius 1 is 0.971 bits per heavy atom. The Bertz CT molecular complexity index is 886. The Morgan fingerprint density at radius 3 is 2.35 bits per heavy atom. The van der Waals surface area contributed by atoms with Crippen molar-refractivity contribution in [1.82, 2.24) is 0 Å². The smallest absolute Gasteiger partial charge is 0.303 e. The van der Waals surface area contributed by atoms with Crippen LogP contribution in [0, 0.1) is 50.7 Å². The molecule has 0 radical (unpaired) electrons. The molecular formula is C29H46O5. The monoisotopic (exact) mass is 474 g/mol. The van der Waals surface area contributed by atoms with Gasteiger partial charge in [-0.3, -0.25) is 4.79 Å². The number of rotatable bonds is 3. The fraction of sp³-hybridized carbons (Fsp3) is 0.966. The SMILES string of the molecule is C[C@@H]1CC(CCC(=O)O)OC2C1[C@@]1(C)CCC34C[C@@]35CC[C@H](O)C(C)(C)[C@@H]5CC[C@H]4[C@]1(C)[C@H]2O. The second kappa shape index (κ2) is 7.01. The van der Waals surface area contributed by atoms with E-state index in [4.69, 9.17) is 4.74 Å². The molecule has 4 unspecified atom stereocenters. The molecule has 12 atom stereocenters. The predicted molar refractivity (Wildman–Crippen MR) is 129 cm³/mol. The van der Waals surface area contributed by atoms with Crippen LogP contribution >= 0.6 is 0 Å². The number of ether oxygens (including phenoxy) is 1. The highest BCUT2D eigenvalue weighted by Crippen LogP contribution is 2.89. The van der Waals surface area contributed by atoms with E-state index in [0.29, 0.717) is 40.9 Å². The maximum atomic E-state index is 12.1. The number of aliphatic carboxylic acids is 1. The number of carbonyl (C=O) groups is 1. The molecule has 5 nitrogen and oxygen atoms in total. The number of hydrogen-bond donors (Lipinski definition) is 3. The summed E-state index contributed by atoms with van der Waals surface area (Å²) < 4.78 is 6.60. The molecule has 5 saturated carbocycles. The summed E-state index contributed by atoms with van der Waals surface area (Å²) in [5.74, 6) is 1.10. The summed E-state index contributed by atoms with van der Waals surface area (Å²) in [4.78, 5) is 11.2. The van der Waals surface area contributed by atoms with Gasteiger partial charge in [-0.25, -0.2) is 0 Å². The molecule has 1 aliphatic heterocycles. The van der Waals surface area contributed by atoms with Crippen molar-refractivity contribution < 1.29 is 24.9 Å². The molecule has 5 heteroatoms. The van der Waals surface area contributed by atoms with Gasteiger partial charge in [0.2, 0.25) is 0 Å². The lowest BCUT2D eigenvalue weighted by molar-refractivity contribution is -0.182. The van der Waals surface area contributed by atoms with E-state index in [2.05, 4.69) is 34.6 Å². The molecule has 0 aromatic carbocycles. The molecule has 1 heterocycles. The van der Waals surface area contributed by atoms with Gasteiger partial charge in [0.1, 0.15) is 0 Å². The van der Waals surface area contributed by atoms with Crippen molar-refractivity contribution in [2.75, 3.05) is 0 Å². The molecule has 6 rings (SSSR count). The zero-order valence-electron chi connectivity index (χ0n) is 21.8. The lowest BCUT2D eigenvalue weighted by Crippen LogP contribution is -2.59. The van der Waals surface area contributed by atoms with Gasteiger partial charge in [-0.2, -0.15) is 0 Å². The summed E-state index contributed by atoms with van der Waals surface area (Å²) in [5.41, 5.74) is 0.524. The van der Waals surface area contributed by atoms with E-state index in [1.807, 2.05) is 0 Å². The molecule has 0 bridgehead atoms. The third kappa shape index (κ3) is 2.55. The van der Waals surface area contributed by atoms with Crippen LogP contribution < -0.4 is 0 Å². The van der Waals surface area contributed by atoms with Gasteiger partial charge in [0.15, 0.2) is 0 Å². The van der Waals surface area contributed by atoms with Crippen molar-refractivity contribution in [2.24, 2.45) is 50.7 Å². The van der Waals surface area contributed by atoms with Crippen molar-refractivity contribution in [1.29, 1.82) is 0 Å². The Hall–Kier alpha value is -0.650. The molecular weight excluding hydrogens is 428 g/mol. The summed E-state index contributed by atoms with van der Waals surface area (Å²) in [6, 6.07) is 0. The van der Waals surface area contributed by atoms with Crippen molar-refractivity contribution in [3.8, 4) is 0 Å². The second-order valence-electron chi connectivity index (χ2n) is 14.6. The number of fused-ring (bicyclic) bond motifs is 4. The summed E-state index contributed by atoms with van der Waals surface area (Å²) in [5, 5.41) is 32.1. The highest BCUT2D eigenvalue weighted by Gasteiger charge is 2.84. The molecule has 0 amide bonds. The maximum absolute atomic E-state index is 12.1. The van der Waals surface area contributed by atoms with Crippen LogP contribution in [0.25, 0.3) is 0 Å².